The summed E-state index contributed by atoms with van der Waals surface area (Å²) in [5, 5.41) is 0. The molecule has 0 aromatic carbocycles. The molecule has 1 aliphatic heterocycles. The molecule has 0 atom stereocenters. The van der Waals surface area contributed by atoms with E-state index in [1.54, 1.807) is 0 Å². The molecular weight excluding hydrogens is 172 g/mol. The second-order valence-electron chi connectivity index (χ2n) is 2.69. The van der Waals surface area contributed by atoms with Crippen molar-refractivity contribution in [1.82, 2.24) is 0 Å². The smallest absolute Gasteiger partial charge is 0.342 e. The molecule has 0 radical (unpaired) electrons. The fourth-order valence-electron chi connectivity index (χ4n) is 0.849. The van der Waals surface area contributed by atoms with Gasteiger partial charge in [0, 0.05) is 19.6 Å². The monoisotopic (exact) mass is 190 g/mol. The number of rotatable bonds is 3. The van der Waals surface area contributed by atoms with Crippen molar-refractivity contribution in [2.24, 2.45) is 0 Å². The van der Waals surface area contributed by atoms with Crippen LogP contribution in [0.3, 0.4) is 0 Å². The molecule has 0 unspecified atom stereocenters. The average Bonchev–Trinajstić information content (AvgIpc) is 2.61. The maximum absolute atomic E-state index is 10.3. The highest BCUT2D eigenvalue weighted by atomic mass is 17.2. The summed E-state index contributed by atoms with van der Waals surface area (Å²) in [5.74, 6) is -0.310. The zero-order valence-corrected chi connectivity index (χ0v) is 8.38. The van der Waals surface area contributed by atoms with Crippen molar-refractivity contribution in [1.29, 1.82) is 0 Å². The first-order valence-electron chi connectivity index (χ1n) is 4.62. The molecule has 0 saturated carbocycles. The topological polar surface area (TPSA) is 44.8 Å². The van der Waals surface area contributed by atoms with Crippen molar-refractivity contribution >= 4 is 5.97 Å². The third-order valence-electron chi connectivity index (χ3n) is 1.46. The summed E-state index contributed by atoms with van der Waals surface area (Å²) in [4.78, 5) is 18.5. The number of hydrogen-bond acceptors (Lipinski definition) is 4. The second kappa shape index (κ2) is 9.48. The molecule has 1 saturated heterocycles. The Hall–Kier alpha value is -0.610. The van der Waals surface area contributed by atoms with E-state index < -0.39 is 0 Å². The zero-order valence-electron chi connectivity index (χ0n) is 8.38. The van der Waals surface area contributed by atoms with Crippen molar-refractivity contribution in [2.75, 3.05) is 20.3 Å². The van der Waals surface area contributed by atoms with E-state index in [2.05, 4.69) is 9.78 Å². The van der Waals surface area contributed by atoms with Gasteiger partial charge in [-0.2, -0.15) is 4.89 Å². The summed E-state index contributed by atoms with van der Waals surface area (Å²) in [6.07, 6.45) is 3.77. The standard InChI is InChI=1S/C5H10O3.C4H8O/c1-3-4-5(6)8-7-2;1-2-4-5-3-1/h3-4H2,1-2H3;1-4H2. The van der Waals surface area contributed by atoms with Crippen LogP contribution in [0.15, 0.2) is 0 Å². The summed E-state index contributed by atoms with van der Waals surface area (Å²) in [5.41, 5.74) is 0. The highest BCUT2D eigenvalue weighted by Crippen LogP contribution is 1.98. The Morgan fingerprint density at radius 1 is 1.38 bits per heavy atom. The Morgan fingerprint density at radius 3 is 2.31 bits per heavy atom. The normalized spacial score (nSPS) is 14.6. The van der Waals surface area contributed by atoms with Crippen LogP contribution in [-0.4, -0.2) is 26.3 Å². The largest absolute Gasteiger partial charge is 0.381 e. The van der Waals surface area contributed by atoms with Gasteiger partial charge in [0.1, 0.15) is 0 Å². The molecule has 1 fully saturated rings. The third kappa shape index (κ3) is 9.30. The Morgan fingerprint density at radius 2 is 2.00 bits per heavy atom. The van der Waals surface area contributed by atoms with E-state index in [1.165, 1.54) is 20.0 Å². The van der Waals surface area contributed by atoms with Gasteiger partial charge in [0.25, 0.3) is 0 Å². The molecule has 0 aromatic heterocycles. The van der Waals surface area contributed by atoms with E-state index >= 15 is 0 Å². The first kappa shape index (κ1) is 12.4. The minimum Gasteiger partial charge on any atom is -0.381 e. The van der Waals surface area contributed by atoms with Gasteiger partial charge in [0.15, 0.2) is 0 Å². The molecule has 13 heavy (non-hydrogen) atoms. The summed E-state index contributed by atoms with van der Waals surface area (Å²) in [6.45, 7) is 3.90. The maximum Gasteiger partial charge on any atom is 0.342 e. The van der Waals surface area contributed by atoms with Crippen LogP contribution in [-0.2, 0) is 19.3 Å². The van der Waals surface area contributed by atoms with Crippen LogP contribution in [0.25, 0.3) is 0 Å². The highest BCUT2D eigenvalue weighted by Gasteiger charge is 1.97. The van der Waals surface area contributed by atoms with E-state index in [9.17, 15) is 4.79 Å². The van der Waals surface area contributed by atoms with Gasteiger partial charge in [-0.1, -0.05) is 6.92 Å². The number of carbonyl (C=O) groups is 1. The molecule has 4 heteroatoms. The Labute approximate surface area is 79.1 Å². The van der Waals surface area contributed by atoms with Gasteiger partial charge in [-0.05, 0) is 19.3 Å². The fraction of sp³-hybridized carbons (Fsp3) is 0.889. The molecule has 0 N–H and O–H groups in total. The molecule has 78 valence electrons. The van der Waals surface area contributed by atoms with E-state index in [0.29, 0.717) is 6.42 Å². The first-order chi connectivity index (χ1) is 6.31. The van der Waals surface area contributed by atoms with Crippen molar-refractivity contribution in [2.45, 2.75) is 32.6 Å². The lowest BCUT2D eigenvalue weighted by molar-refractivity contribution is -0.254. The molecule has 1 aliphatic rings. The van der Waals surface area contributed by atoms with Gasteiger partial charge in [-0.25, -0.2) is 4.79 Å². The number of carbonyl (C=O) groups excluding carboxylic acids is 1. The lowest BCUT2D eigenvalue weighted by Crippen LogP contribution is -2.01. The molecule has 1 heterocycles. The Balaban J connectivity index is 0.000000243. The predicted octanol–water partition coefficient (Wildman–Crippen LogP) is 1.69. The minimum atomic E-state index is -0.310. The second-order valence-corrected chi connectivity index (χ2v) is 2.69. The van der Waals surface area contributed by atoms with Crippen LogP contribution in [0.1, 0.15) is 32.6 Å². The minimum absolute atomic E-state index is 0.310. The third-order valence-corrected chi connectivity index (χ3v) is 1.46. The molecule has 0 spiro atoms. The van der Waals surface area contributed by atoms with Crippen molar-refractivity contribution < 1.29 is 19.3 Å². The molecule has 0 bridgehead atoms. The number of ether oxygens (including phenoxy) is 1. The molecule has 0 aliphatic carbocycles. The lowest BCUT2D eigenvalue weighted by atomic mass is 10.3. The fourth-order valence-corrected chi connectivity index (χ4v) is 0.849. The van der Waals surface area contributed by atoms with Crippen molar-refractivity contribution in [3.05, 3.63) is 0 Å². The van der Waals surface area contributed by atoms with Crippen LogP contribution in [0.4, 0.5) is 0 Å². The molecule has 0 amide bonds. The van der Waals surface area contributed by atoms with Crippen LogP contribution in [0.5, 0.6) is 0 Å². The Bertz CT molecular complexity index is 105. The van der Waals surface area contributed by atoms with Gasteiger partial charge in [-0.15, -0.1) is 0 Å². The maximum atomic E-state index is 10.3. The Kier molecular flexibility index (Phi) is 9.03. The summed E-state index contributed by atoms with van der Waals surface area (Å²) < 4.78 is 4.94. The molecular formula is C9H18O4. The molecule has 0 aromatic rings. The molecule has 4 nitrogen and oxygen atoms in total. The average molecular weight is 190 g/mol. The van der Waals surface area contributed by atoms with Crippen LogP contribution in [0, 0.1) is 0 Å². The van der Waals surface area contributed by atoms with E-state index in [-0.39, 0.29) is 5.97 Å². The van der Waals surface area contributed by atoms with Gasteiger partial charge in [-0.3, -0.25) is 4.89 Å². The highest BCUT2D eigenvalue weighted by molar-refractivity contribution is 5.68. The van der Waals surface area contributed by atoms with Crippen LogP contribution in [0.2, 0.25) is 0 Å². The van der Waals surface area contributed by atoms with Gasteiger partial charge in [0.2, 0.25) is 0 Å². The quantitative estimate of drug-likeness (QED) is 0.502. The van der Waals surface area contributed by atoms with Gasteiger partial charge >= 0.3 is 5.97 Å². The SMILES string of the molecule is C1CCOC1.CCCC(=O)OOC. The zero-order chi connectivity index (χ0) is 9.94. The summed E-state index contributed by atoms with van der Waals surface area (Å²) in [7, 11) is 1.31. The number of hydrogen-bond donors (Lipinski definition) is 0. The van der Waals surface area contributed by atoms with Crippen LogP contribution >= 0.6 is 0 Å². The van der Waals surface area contributed by atoms with E-state index in [4.69, 9.17) is 4.74 Å². The summed E-state index contributed by atoms with van der Waals surface area (Å²) >= 11 is 0. The van der Waals surface area contributed by atoms with Crippen molar-refractivity contribution in [3.8, 4) is 0 Å². The van der Waals surface area contributed by atoms with Crippen molar-refractivity contribution in [3.63, 3.8) is 0 Å². The lowest BCUT2D eigenvalue weighted by Gasteiger charge is -1.94. The van der Waals surface area contributed by atoms with Gasteiger partial charge in [0.05, 0.1) is 7.11 Å². The first-order valence-corrected chi connectivity index (χ1v) is 4.62. The predicted molar refractivity (Wildman–Crippen MR) is 48.1 cm³/mol. The summed E-state index contributed by atoms with van der Waals surface area (Å²) in [6, 6.07) is 0. The van der Waals surface area contributed by atoms with E-state index in [0.717, 1.165) is 19.6 Å². The molecule has 1 rings (SSSR count). The van der Waals surface area contributed by atoms with Crippen LogP contribution < -0.4 is 0 Å². The van der Waals surface area contributed by atoms with Gasteiger partial charge < -0.3 is 4.74 Å². The van der Waals surface area contributed by atoms with E-state index in [1.807, 2.05) is 6.92 Å².